The lowest BCUT2D eigenvalue weighted by atomic mass is 10.1. The van der Waals surface area contributed by atoms with Gasteiger partial charge < -0.3 is 9.72 Å². The average molecular weight is 327 g/mol. The number of halogens is 3. The lowest BCUT2D eigenvalue weighted by molar-refractivity contribution is -0.0521. The van der Waals surface area contributed by atoms with Crippen LogP contribution < -0.4 is 10.3 Å². The van der Waals surface area contributed by atoms with E-state index in [1.54, 1.807) is 12.3 Å². The van der Waals surface area contributed by atoms with Crippen LogP contribution in [0.1, 0.15) is 5.56 Å². The van der Waals surface area contributed by atoms with Crippen LogP contribution in [-0.2, 0) is 0 Å². The number of aromatic nitrogens is 2. The molecule has 0 saturated heterocycles. The number of H-pyrrole nitrogens is 1. The fourth-order valence-electron chi connectivity index (χ4n) is 1.73. The number of nitrogens with one attached hydrogen (secondary N) is 1. The summed E-state index contributed by atoms with van der Waals surface area (Å²) >= 11 is 1.08. The van der Waals surface area contributed by atoms with Gasteiger partial charge in [0, 0.05) is 5.56 Å². The van der Waals surface area contributed by atoms with Crippen LogP contribution in [-0.4, -0.2) is 22.8 Å². The SMILES string of the molecule is CSc1nc(-c2cccc(OC(F)F)c2F)c(C#N)c(=O)[nH]1. The minimum absolute atomic E-state index is 0.165. The molecule has 1 N–H and O–H groups in total. The van der Waals surface area contributed by atoms with Crippen LogP contribution in [0.25, 0.3) is 11.3 Å². The Morgan fingerprint density at radius 3 is 2.77 bits per heavy atom. The topological polar surface area (TPSA) is 78.8 Å². The molecular formula is C13H8F3N3O2S. The van der Waals surface area contributed by atoms with Crippen molar-refractivity contribution in [3.05, 3.63) is 39.9 Å². The molecule has 0 aliphatic heterocycles. The quantitative estimate of drug-likeness (QED) is 0.690. The van der Waals surface area contributed by atoms with Crippen molar-refractivity contribution in [1.29, 1.82) is 5.26 Å². The molecular weight excluding hydrogens is 319 g/mol. The summed E-state index contributed by atoms with van der Waals surface area (Å²) in [5, 5.41) is 9.20. The fourth-order valence-corrected chi connectivity index (χ4v) is 2.11. The summed E-state index contributed by atoms with van der Waals surface area (Å²) in [5.41, 5.74) is -1.65. The smallest absolute Gasteiger partial charge is 0.387 e. The highest BCUT2D eigenvalue weighted by atomic mass is 32.2. The van der Waals surface area contributed by atoms with Crippen molar-refractivity contribution in [3.63, 3.8) is 0 Å². The van der Waals surface area contributed by atoms with Gasteiger partial charge in [-0.1, -0.05) is 17.8 Å². The molecule has 0 bridgehead atoms. The van der Waals surface area contributed by atoms with Crippen molar-refractivity contribution in [1.82, 2.24) is 9.97 Å². The molecule has 9 heteroatoms. The van der Waals surface area contributed by atoms with Gasteiger partial charge in [-0.05, 0) is 18.4 Å². The number of ether oxygens (including phenoxy) is 1. The van der Waals surface area contributed by atoms with Crippen molar-refractivity contribution >= 4 is 11.8 Å². The number of aromatic amines is 1. The van der Waals surface area contributed by atoms with Crippen LogP contribution in [0.3, 0.4) is 0 Å². The summed E-state index contributed by atoms with van der Waals surface area (Å²) in [6.45, 7) is -3.20. The number of hydrogen-bond donors (Lipinski definition) is 1. The van der Waals surface area contributed by atoms with E-state index in [9.17, 15) is 18.0 Å². The maximum atomic E-state index is 14.3. The molecule has 2 aromatic rings. The highest BCUT2D eigenvalue weighted by Crippen LogP contribution is 2.30. The second kappa shape index (κ2) is 6.53. The molecule has 1 aromatic heterocycles. The first-order valence-electron chi connectivity index (χ1n) is 5.80. The van der Waals surface area contributed by atoms with Crippen molar-refractivity contribution in [2.24, 2.45) is 0 Å². The molecule has 22 heavy (non-hydrogen) atoms. The van der Waals surface area contributed by atoms with E-state index < -0.39 is 29.3 Å². The standard InChI is InChI=1S/C13H8F3N3O2S/c1-22-13-18-10(7(5-17)11(20)19-13)6-3-2-4-8(9(6)14)21-12(15)16/h2-4,12H,1H3,(H,18,19,20). The lowest BCUT2D eigenvalue weighted by Gasteiger charge is -2.10. The van der Waals surface area contributed by atoms with E-state index in [-0.39, 0.29) is 16.4 Å². The third-order valence-electron chi connectivity index (χ3n) is 2.64. The number of rotatable bonds is 4. The van der Waals surface area contributed by atoms with Crippen LogP contribution in [0.5, 0.6) is 5.75 Å². The first kappa shape index (κ1) is 15.9. The van der Waals surface area contributed by atoms with Gasteiger partial charge in [0.2, 0.25) is 0 Å². The third-order valence-corrected chi connectivity index (χ3v) is 3.22. The molecule has 114 valence electrons. The Balaban J connectivity index is 2.69. The zero-order valence-corrected chi connectivity index (χ0v) is 11.9. The summed E-state index contributed by atoms with van der Waals surface area (Å²) in [6, 6.07) is 5.13. The van der Waals surface area contributed by atoms with Crippen molar-refractivity contribution in [2.75, 3.05) is 6.26 Å². The molecule has 5 nitrogen and oxygen atoms in total. The summed E-state index contributed by atoms with van der Waals surface area (Å²) in [5.74, 6) is -1.81. The molecule has 0 radical (unpaired) electrons. The maximum absolute atomic E-state index is 14.3. The zero-order valence-electron chi connectivity index (χ0n) is 11.1. The summed E-state index contributed by atoms with van der Waals surface area (Å²) < 4.78 is 42.8. The Kier molecular flexibility index (Phi) is 4.72. The van der Waals surface area contributed by atoms with Gasteiger partial charge in [0.05, 0.1) is 5.69 Å². The Labute approximate surface area is 126 Å². The van der Waals surface area contributed by atoms with Crippen LogP contribution in [0.2, 0.25) is 0 Å². The molecule has 0 unspecified atom stereocenters. The van der Waals surface area contributed by atoms with Crippen molar-refractivity contribution < 1.29 is 17.9 Å². The van der Waals surface area contributed by atoms with E-state index in [0.717, 1.165) is 17.8 Å². The minimum atomic E-state index is -3.20. The van der Waals surface area contributed by atoms with E-state index >= 15 is 0 Å². The van der Waals surface area contributed by atoms with Gasteiger partial charge in [-0.2, -0.15) is 14.0 Å². The molecule has 2 rings (SSSR count). The Hall–Kier alpha value is -2.47. The van der Waals surface area contributed by atoms with Gasteiger partial charge in [-0.25, -0.2) is 9.37 Å². The average Bonchev–Trinajstić information content (AvgIpc) is 2.48. The molecule has 0 spiro atoms. The van der Waals surface area contributed by atoms with Gasteiger partial charge >= 0.3 is 6.61 Å². The number of hydrogen-bond acceptors (Lipinski definition) is 5. The predicted molar refractivity (Wildman–Crippen MR) is 73.4 cm³/mol. The van der Waals surface area contributed by atoms with Crippen molar-refractivity contribution in [3.8, 4) is 23.1 Å². The molecule has 0 aliphatic carbocycles. The van der Waals surface area contributed by atoms with Gasteiger partial charge in [0.1, 0.15) is 11.6 Å². The Morgan fingerprint density at radius 2 is 2.18 bits per heavy atom. The number of nitrogens with zero attached hydrogens (tertiary/aromatic N) is 2. The summed E-state index contributed by atoms with van der Waals surface area (Å²) in [7, 11) is 0. The zero-order chi connectivity index (χ0) is 16.3. The van der Waals surface area contributed by atoms with E-state index in [1.807, 2.05) is 0 Å². The minimum Gasteiger partial charge on any atom is -0.432 e. The molecule has 1 heterocycles. The van der Waals surface area contributed by atoms with E-state index in [2.05, 4.69) is 14.7 Å². The second-order valence-electron chi connectivity index (χ2n) is 3.91. The predicted octanol–water partition coefficient (Wildman–Crippen LogP) is 2.77. The Morgan fingerprint density at radius 1 is 1.45 bits per heavy atom. The fraction of sp³-hybridized carbons (Fsp3) is 0.154. The molecule has 0 fully saturated rings. The molecule has 0 saturated carbocycles. The van der Waals surface area contributed by atoms with Crippen LogP contribution in [0.15, 0.2) is 28.2 Å². The van der Waals surface area contributed by atoms with Gasteiger partial charge in [-0.15, -0.1) is 0 Å². The number of benzene rings is 1. The highest BCUT2D eigenvalue weighted by molar-refractivity contribution is 7.98. The largest absolute Gasteiger partial charge is 0.432 e. The highest BCUT2D eigenvalue weighted by Gasteiger charge is 2.20. The number of alkyl halides is 2. The summed E-state index contributed by atoms with van der Waals surface area (Å²) in [6.07, 6.45) is 1.63. The van der Waals surface area contributed by atoms with E-state index in [1.165, 1.54) is 12.1 Å². The molecule has 0 amide bonds. The lowest BCUT2D eigenvalue weighted by Crippen LogP contribution is -2.15. The van der Waals surface area contributed by atoms with Gasteiger partial charge in [0.25, 0.3) is 5.56 Å². The first-order valence-corrected chi connectivity index (χ1v) is 7.02. The van der Waals surface area contributed by atoms with Gasteiger partial charge in [-0.3, -0.25) is 4.79 Å². The number of thioether (sulfide) groups is 1. The molecule has 0 atom stereocenters. The summed E-state index contributed by atoms with van der Waals surface area (Å²) in [4.78, 5) is 18.1. The van der Waals surface area contributed by atoms with E-state index in [4.69, 9.17) is 5.26 Å². The van der Waals surface area contributed by atoms with Gasteiger partial charge in [0.15, 0.2) is 16.7 Å². The van der Waals surface area contributed by atoms with Crippen molar-refractivity contribution in [2.45, 2.75) is 11.8 Å². The van der Waals surface area contributed by atoms with Crippen LogP contribution in [0.4, 0.5) is 13.2 Å². The Bertz CT molecular complexity index is 802. The second-order valence-corrected chi connectivity index (χ2v) is 4.70. The molecule has 0 aliphatic rings. The van der Waals surface area contributed by atoms with Crippen LogP contribution in [0, 0.1) is 17.1 Å². The first-order chi connectivity index (χ1) is 10.5. The van der Waals surface area contributed by atoms with Crippen LogP contribution >= 0.6 is 11.8 Å². The molecule has 1 aromatic carbocycles. The maximum Gasteiger partial charge on any atom is 0.387 e. The monoisotopic (exact) mass is 327 g/mol. The normalized spacial score (nSPS) is 10.5. The number of nitriles is 1. The third kappa shape index (κ3) is 3.07. The van der Waals surface area contributed by atoms with E-state index in [0.29, 0.717) is 0 Å².